The summed E-state index contributed by atoms with van der Waals surface area (Å²) >= 11 is 0. The molecule has 0 aromatic heterocycles. The number of ether oxygens (including phenoxy) is 4. The zero-order valence-corrected chi connectivity index (χ0v) is 12.9. The van der Waals surface area contributed by atoms with Crippen molar-refractivity contribution >= 4 is 0 Å². The first-order chi connectivity index (χ1) is 9.93. The average molecular weight is 289 g/mol. The van der Waals surface area contributed by atoms with Crippen molar-refractivity contribution in [1.29, 1.82) is 0 Å². The molecule has 0 unspecified atom stereocenters. The summed E-state index contributed by atoms with van der Waals surface area (Å²) in [7, 11) is 0. The maximum atomic E-state index is 5.51. The molecule has 1 rings (SSSR count). The predicted molar refractivity (Wildman–Crippen MR) is 79.2 cm³/mol. The molecule has 1 N–H and O–H groups in total. The average Bonchev–Trinajstić information content (AvgIpc) is 2.41. The first-order valence-electron chi connectivity index (χ1n) is 7.95. The van der Waals surface area contributed by atoms with E-state index in [-0.39, 0.29) is 0 Å². The van der Waals surface area contributed by atoms with E-state index in [1.54, 1.807) is 0 Å². The first-order valence-corrected chi connectivity index (χ1v) is 7.95. The SMILES string of the molecule is CCCCOCCOCCOCCOCCC1CNC1. The predicted octanol–water partition coefficient (Wildman–Crippen LogP) is 1.46. The van der Waals surface area contributed by atoms with Gasteiger partial charge in [0.25, 0.3) is 0 Å². The maximum Gasteiger partial charge on any atom is 0.0701 e. The molecule has 0 atom stereocenters. The number of rotatable bonds is 15. The molecule has 5 nitrogen and oxygen atoms in total. The Labute approximate surface area is 123 Å². The number of hydrogen-bond donors (Lipinski definition) is 1. The summed E-state index contributed by atoms with van der Waals surface area (Å²) in [6, 6.07) is 0. The molecule has 0 bridgehead atoms. The van der Waals surface area contributed by atoms with E-state index in [1.165, 1.54) is 6.42 Å². The Bertz CT molecular complexity index is 200. The van der Waals surface area contributed by atoms with Crippen molar-refractivity contribution in [3.63, 3.8) is 0 Å². The van der Waals surface area contributed by atoms with E-state index in [1.807, 2.05) is 0 Å². The fourth-order valence-corrected chi connectivity index (χ4v) is 1.81. The standard InChI is InChI=1S/C15H31NO4/c1-2-3-5-17-7-9-19-11-12-20-10-8-18-6-4-15-13-16-14-15/h15-16H,2-14H2,1H3. The minimum Gasteiger partial charge on any atom is -0.379 e. The Morgan fingerprint density at radius 2 is 1.25 bits per heavy atom. The lowest BCUT2D eigenvalue weighted by Crippen LogP contribution is -2.42. The van der Waals surface area contributed by atoms with E-state index in [0.29, 0.717) is 39.6 Å². The van der Waals surface area contributed by atoms with Crippen molar-refractivity contribution < 1.29 is 18.9 Å². The van der Waals surface area contributed by atoms with Gasteiger partial charge in [-0.3, -0.25) is 0 Å². The van der Waals surface area contributed by atoms with Crippen LogP contribution in [0.25, 0.3) is 0 Å². The molecule has 0 spiro atoms. The summed E-state index contributed by atoms with van der Waals surface area (Å²) in [5.41, 5.74) is 0. The molecule has 1 aliphatic heterocycles. The quantitative estimate of drug-likeness (QED) is 0.463. The van der Waals surface area contributed by atoms with Crippen molar-refractivity contribution in [3.05, 3.63) is 0 Å². The van der Waals surface area contributed by atoms with E-state index in [2.05, 4.69) is 12.2 Å². The molecule has 0 aromatic rings. The van der Waals surface area contributed by atoms with Gasteiger partial charge in [-0.2, -0.15) is 0 Å². The Morgan fingerprint density at radius 3 is 1.70 bits per heavy atom. The minimum absolute atomic E-state index is 0.630. The number of nitrogens with one attached hydrogen (secondary N) is 1. The van der Waals surface area contributed by atoms with Crippen LogP contribution >= 0.6 is 0 Å². The molecule has 1 heterocycles. The monoisotopic (exact) mass is 289 g/mol. The third-order valence-electron chi connectivity index (χ3n) is 3.29. The van der Waals surface area contributed by atoms with Crippen LogP contribution < -0.4 is 5.32 Å². The zero-order chi connectivity index (χ0) is 14.3. The Kier molecular flexibility index (Phi) is 12.3. The van der Waals surface area contributed by atoms with Crippen LogP contribution in [0.1, 0.15) is 26.2 Å². The molecule has 1 aliphatic rings. The van der Waals surface area contributed by atoms with Gasteiger partial charge in [0, 0.05) is 13.2 Å². The third kappa shape index (κ3) is 10.6. The van der Waals surface area contributed by atoms with Crippen molar-refractivity contribution in [2.45, 2.75) is 26.2 Å². The van der Waals surface area contributed by atoms with Crippen LogP contribution in [0.2, 0.25) is 0 Å². The third-order valence-corrected chi connectivity index (χ3v) is 3.29. The molecule has 20 heavy (non-hydrogen) atoms. The summed E-state index contributed by atoms with van der Waals surface area (Å²) in [4.78, 5) is 0. The van der Waals surface area contributed by atoms with Crippen LogP contribution in [0.4, 0.5) is 0 Å². The molecule has 5 heteroatoms. The van der Waals surface area contributed by atoms with Gasteiger partial charge < -0.3 is 24.3 Å². The molecule has 0 radical (unpaired) electrons. The molecular weight excluding hydrogens is 258 g/mol. The summed E-state index contributed by atoms with van der Waals surface area (Å²) in [6.45, 7) is 10.1. The molecule has 120 valence electrons. The molecule has 1 fully saturated rings. The highest BCUT2D eigenvalue weighted by atomic mass is 16.6. The fourth-order valence-electron chi connectivity index (χ4n) is 1.81. The van der Waals surface area contributed by atoms with Crippen LogP contribution in [0.5, 0.6) is 0 Å². The minimum atomic E-state index is 0.630. The molecular formula is C15H31NO4. The molecule has 0 saturated carbocycles. The van der Waals surface area contributed by atoms with Crippen LogP contribution in [-0.2, 0) is 18.9 Å². The van der Waals surface area contributed by atoms with Gasteiger partial charge in [-0.25, -0.2) is 0 Å². The maximum absolute atomic E-state index is 5.51. The normalized spacial score (nSPS) is 15.4. The number of hydrogen-bond acceptors (Lipinski definition) is 5. The van der Waals surface area contributed by atoms with Gasteiger partial charge in [0.2, 0.25) is 0 Å². The van der Waals surface area contributed by atoms with Gasteiger partial charge in [0.1, 0.15) is 0 Å². The van der Waals surface area contributed by atoms with Gasteiger partial charge in [-0.1, -0.05) is 13.3 Å². The van der Waals surface area contributed by atoms with Gasteiger partial charge in [-0.05, 0) is 31.8 Å². The van der Waals surface area contributed by atoms with E-state index in [4.69, 9.17) is 18.9 Å². The molecule has 1 saturated heterocycles. The highest BCUT2D eigenvalue weighted by Crippen LogP contribution is 2.07. The van der Waals surface area contributed by atoms with Crippen LogP contribution in [-0.4, -0.2) is 65.9 Å². The lowest BCUT2D eigenvalue weighted by Gasteiger charge is -2.26. The Morgan fingerprint density at radius 1 is 0.750 bits per heavy atom. The smallest absolute Gasteiger partial charge is 0.0701 e. The van der Waals surface area contributed by atoms with Crippen LogP contribution in [0.3, 0.4) is 0 Å². The van der Waals surface area contributed by atoms with Crippen molar-refractivity contribution in [1.82, 2.24) is 5.32 Å². The van der Waals surface area contributed by atoms with Gasteiger partial charge in [0.05, 0.1) is 39.6 Å². The van der Waals surface area contributed by atoms with Crippen molar-refractivity contribution in [2.24, 2.45) is 5.92 Å². The number of unbranched alkanes of at least 4 members (excludes halogenated alkanes) is 1. The highest BCUT2D eigenvalue weighted by Gasteiger charge is 2.15. The Hall–Kier alpha value is -0.200. The summed E-state index contributed by atoms with van der Waals surface area (Å²) in [5, 5.41) is 3.26. The van der Waals surface area contributed by atoms with E-state index in [0.717, 1.165) is 45.1 Å². The lowest BCUT2D eigenvalue weighted by atomic mass is 10.0. The van der Waals surface area contributed by atoms with E-state index >= 15 is 0 Å². The fraction of sp³-hybridized carbons (Fsp3) is 1.00. The molecule has 0 aromatic carbocycles. The Balaban J connectivity index is 1.62. The van der Waals surface area contributed by atoms with Crippen molar-refractivity contribution in [3.8, 4) is 0 Å². The summed E-state index contributed by atoms with van der Waals surface area (Å²) in [5.74, 6) is 0.823. The second kappa shape index (κ2) is 13.8. The van der Waals surface area contributed by atoms with E-state index < -0.39 is 0 Å². The summed E-state index contributed by atoms with van der Waals surface area (Å²) < 4.78 is 21.7. The first kappa shape index (κ1) is 17.9. The van der Waals surface area contributed by atoms with E-state index in [9.17, 15) is 0 Å². The zero-order valence-electron chi connectivity index (χ0n) is 12.9. The summed E-state index contributed by atoms with van der Waals surface area (Å²) in [6.07, 6.45) is 3.46. The largest absolute Gasteiger partial charge is 0.379 e. The lowest BCUT2D eigenvalue weighted by molar-refractivity contribution is -0.00376. The topological polar surface area (TPSA) is 49.0 Å². The second-order valence-electron chi connectivity index (χ2n) is 5.12. The van der Waals surface area contributed by atoms with Crippen LogP contribution in [0, 0.1) is 5.92 Å². The highest BCUT2D eigenvalue weighted by molar-refractivity contribution is 4.73. The van der Waals surface area contributed by atoms with Crippen molar-refractivity contribution in [2.75, 3.05) is 65.9 Å². The molecule has 0 amide bonds. The van der Waals surface area contributed by atoms with Gasteiger partial charge in [0.15, 0.2) is 0 Å². The van der Waals surface area contributed by atoms with Crippen LogP contribution in [0.15, 0.2) is 0 Å². The molecule has 0 aliphatic carbocycles. The van der Waals surface area contributed by atoms with Gasteiger partial charge >= 0.3 is 0 Å². The second-order valence-corrected chi connectivity index (χ2v) is 5.12. The van der Waals surface area contributed by atoms with Gasteiger partial charge in [-0.15, -0.1) is 0 Å².